The molecule has 1 aromatic heterocycles. The predicted molar refractivity (Wildman–Crippen MR) is 124 cm³/mol. The number of amidine groups is 1. The van der Waals surface area contributed by atoms with Gasteiger partial charge in [0.2, 0.25) is 0 Å². The SMILES string of the molecule is CCN1C(=O)C(=C2SC(C)=C(C)N2c2nccs2)SC1=NS(=O)(=O)c1ccccc1. The first-order chi connectivity index (χ1) is 14.3. The number of likely N-dealkylation sites (N-methyl/N-ethyl adjacent to an activating group) is 1. The molecule has 0 saturated carbocycles. The number of allylic oxidation sites excluding steroid dienone is 2. The van der Waals surface area contributed by atoms with Gasteiger partial charge in [-0.25, -0.2) is 4.98 Å². The lowest BCUT2D eigenvalue weighted by atomic mass is 10.4. The summed E-state index contributed by atoms with van der Waals surface area (Å²) in [6, 6.07) is 8.00. The van der Waals surface area contributed by atoms with E-state index in [-0.39, 0.29) is 16.0 Å². The maximum absolute atomic E-state index is 13.2. The zero-order valence-corrected chi connectivity index (χ0v) is 19.7. The summed E-state index contributed by atoms with van der Waals surface area (Å²) < 4.78 is 29.5. The van der Waals surface area contributed by atoms with E-state index in [1.165, 1.54) is 40.1 Å². The molecule has 1 fully saturated rings. The van der Waals surface area contributed by atoms with E-state index in [9.17, 15) is 13.2 Å². The van der Waals surface area contributed by atoms with Crippen LogP contribution in [0.15, 0.2) is 71.7 Å². The minimum Gasteiger partial charge on any atom is -0.286 e. The molecule has 7 nitrogen and oxygen atoms in total. The summed E-state index contributed by atoms with van der Waals surface area (Å²) in [5.74, 6) is -0.254. The number of carbonyl (C=O) groups is 1. The first kappa shape index (κ1) is 21.2. The van der Waals surface area contributed by atoms with E-state index in [2.05, 4.69) is 9.38 Å². The molecule has 0 unspecified atom stereocenters. The van der Waals surface area contributed by atoms with Gasteiger partial charge in [-0.15, -0.1) is 15.7 Å². The van der Waals surface area contributed by atoms with E-state index >= 15 is 0 Å². The molecular weight excluding hydrogens is 461 g/mol. The van der Waals surface area contributed by atoms with Crippen molar-refractivity contribution in [2.75, 3.05) is 11.4 Å². The number of thioether (sulfide) groups is 2. The van der Waals surface area contributed by atoms with E-state index in [4.69, 9.17) is 0 Å². The molecule has 1 amide bonds. The largest absolute Gasteiger partial charge is 0.286 e. The van der Waals surface area contributed by atoms with Crippen LogP contribution in [0.25, 0.3) is 0 Å². The smallest absolute Gasteiger partial charge is 0.284 e. The third-order valence-corrected chi connectivity index (χ3v) is 9.05. The molecule has 0 radical (unpaired) electrons. The topological polar surface area (TPSA) is 82.9 Å². The first-order valence-electron chi connectivity index (χ1n) is 9.02. The number of benzene rings is 1. The molecule has 11 heteroatoms. The highest BCUT2D eigenvalue weighted by molar-refractivity contribution is 8.20. The molecule has 30 heavy (non-hydrogen) atoms. The van der Waals surface area contributed by atoms with Crippen LogP contribution in [-0.2, 0) is 14.8 Å². The maximum Gasteiger partial charge on any atom is 0.284 e. The standard InChI is InChI=1S/C19H18N4O3S4/c1-4-22-16(24)15(17-23(12(2)13(3)28-17)18-20-10-11-27-18)29-19(22)21-30(25,26)14-8-6-5-7-9-14/h5-11H,4H2,1-3H3. The van der Waals surface area contributed by atoms with E-state index < -0.39 is 10.0 Å². The van der Waals surface area contributed by atoms with Gasteiger partial charge in [-0.05, 0) is 44.7 Å². The normalized spacial score (nSPS) is 21.4. The fraction of sp³-hybridized carbons (Fsp3) is 0.211. The Kier molecular flexibility index (Phi) is 5.80. The number of hydrogen-bond acceptors (Lipinski definition) is 8. The van der Waals surface area contributed by atoms with Crippen LogP contribution in [-0.4, -0.2) is 35.9 Å². The Hall–Kier alpha value is -2.08. The summed E-state index contributed by atoms with van der Waals surface area (Å²) in [5.41, 5.74) is 0.996. The van der Waals surface area contributed by atoms with Crippen LogP contribution < -0.4 is 4.90 Å². The number of sulfonamides is 1. The third kappa shape index (κ3) is 3.70. The fourth-order valence-corrected chi connectivity index (χ4v) is 7.17. The third-order valence-electron chi connectivity index (χ3n) is 4.52. The van der Waals surface area contributed by atoms with Gasteiger partial charge in [0.05, 0.1) is 4.90 Å². The Morgan fingerprint density at radius 1 is 1.13 bits per heavy atom. The highest BCUT2D eigenvalue weighted by atomic mass is 32.2. The van der Waals surface area contributed by atoms with Gasteiger partial charge in [0.1, 0.15) is 9.93 Å². The molecule has 0 bridgehead atoms. The first-order valence-corrected chi connectivity index (χ1v) is 13.0. The van der Waals surface area contributed by atoms with Crippen LogP contribution in [0.3, 0.4) is 0 Å². The van der Waals surface area contributed by atoms with Gasteiger partial charge in [0.15, 0.2) is 10.3 Å². The van der Waals surface area contributed by atoms with Gasteiger partial charge in [-0.1, -0.05) is 30.0 Å². The average Bonchev–Trinajstić information content (AvgIpc) is 3.42. The van der Waals surface area contributed by atoms with E-state index in [0.717, 1.165) is 32.5 Å². The predicted octanol–water partition coefficient (Wildman–Crippen LogP) is 4.46. The van der Waals surface area contributed by atoms with Crippen molar-refractivity contribution in [1.29, 1.82) is 0 Å². The number of anilines is 1. The maximum atomic E-state index is 13.2. The second-order valence-electron chi connectivity index (χ2n) is 6.34. The van der Waals surface area contributed by atoms with E-state index in [1.54, 1.807) is 31.3 Å². The van der Waals surface area contributed by atoms with E-state index in [0.29, 0.717) is 11.4 Å². The van der Waals surface area contributed by atoms with Gasteiger partial charge in [-0.3, -0.25) is 14.6 Å². The Morgan fingerprint density at radius 2 is 1.87 bits per heavy atom. The minimum absolute atomic E-state index is 0.0933. The van der Waals surface area contributed by atoms with Crippen LogP contribution in [0.1, 0.15) is 20.8 Å². The number of nitrogens with zero attached hydrogens (tertiary/aromatic N) is 4. The molecule has 2 aromatic rings. The molecule has 0 atom stereocenters. The lowest BCUT2D eigenvalue weighted by Crippen LogP contribution is -2.30. The van der Waals surface area contributed by atoms with Crippen molar-refractivity contribution in [2.24, 2.45) is 4.40 Å². The van der Waals surface area contributed by atoms with Gasteiger partial charge in [-0.2, -0.15) is 8.42 Å². The van der Waals surface area contributed by atoms with E-state index in [1.807, 2.05) is 24.1 Å². The number of carbonyl (C=O) groups excluding carboxylic acids is 1. The van der Waals surface area contributed by atoms with Crippen molar-refractivity contribution < 1.29 is 13.2 Å². The summed E-state index contributed by atoms with van der Waals surface area (Å²) in [6.07, 6.45) is 1.72. The summed E-state index contributed by atoms with van der Waals surface area (Å²) in [6.45, 7) is 6.09. The number of aromatic nitrogens is 1. The summed E-state index contributed by atoms with van der Waals surface area (Å²) in [7, 11) is -3.93. The van der Waals surface area contributed by atoms with Crippen molar-refractivity contribution in [1.82, 2.24) is 9.88 Å². The molecule has 0 spiro atoms. The number of hydrogen-bond donors (Lipinski definition) is 0. The quantitative estimate of drug-likeness (QED) is 0.600. The van der Waals surface area contributed by atoms with Crippen LogP contribution in [0, 0.1) is 0 Å². The summed E-state index contributed by atoms with van der Waals surface area (Å²) in [4.78, 5) is 22.5. The Bertz CT molecular complexity index is 1190. The number of amides is 1. The highest BCUT2D eigenvalue weighted by Crippen LogP contribution is 2.49. The van der Waals surface area contributed by atoms with Crippen molar-refractivity contribution in [3.8, 4) is 0 Å². The van der Waals surface area contributed by atoms with Gasteiger partial charge < -0.3 is 0 Å². The van der Waals surface area contributed by atoms with Crippen LogP contribution in [0.2, 0.25) is 0 Å². The Morgan fingerprint density at radius 3 is 2.50 bits per heavy atom. The summed E-state index contributed by atoms with van der Waals surface area (Å²) in [5, 5.41) is 3.54. The number of rotatable bonds is 4. The lowest BCUT2D eigenvalue weighted by Gasteiger charge is -2.19. The Balaban J connectivity index is 1.78. The number of thiazole rings is 1. The highest BCUT2D eigenvalue weighted by Gasteiger charge is 2.40. The van der Waals surface area contributed by atoms with Gasteiger partial charge in [0.25, 0.3) is 15.9 Å². The molecule has 1 aromatic carbocycles. The zero-order valence-electron chi connectivity index (χ0n) is 16.4. The second-order valence-corrected chi connectivity index (χ2v) is 11.0. The van der Waals surface area contributed by atoms with Crippen LogP contribution >= 0.6 is 34.9 Å². The zero-order chi connectivity index (χ0) is 21.5. The summed E-state index contributed by atoms with van der Waals surface area (Å²) >= 11 is 4.06. The molecule has 0 N–H and O–H groups in total. The molecule has 156 valence electrons. The second kappa shape index (κ2) is 8.22. The molecule has 2 aliphatic rings. The van der Waals surface area contributed by atoms with Crippen molar-refractivity contribution in [3.63, 3.8) is 0 Å². The molecular formula is C19H18N4O3S4. The van der Waals surface area contributed by atoms with Gasteiger partial charge >= 0.3 is 0 Å². The van der Waals surface area contributed by atoms with Crippen molar-refractivity contribution in [3.05, 3.63) is 62.4 Å². The van der Waals surface area contributed by atoms with Gasteiger partial charge in [0, 0.05) is 28.7 Å². The minimum atomic E-state index is -3.93. The molecule has 2 aliphatic heterocycles. The average molecular weight is 479 g/mol. The Labute approximate surface area is 187 Å². The van der Waals surface area contributed by atoms with Crippen LogP contribution in [0.4, 0.5) is 5.13 Å². The molecule has 1 saturated heterocycles. The lowest BCUT2D eigenvalue weighted by molar-refractivity contribution is -0.122. The fourth-order valence-electron chi connectivity index (χ4n) is 2.91. The molecule has 0 aliphatic carbocycles. The monoisotopic (exact) mass is 478 g/mol. The van der Waals surface area contributed by atoms with Crippen LogP contribution in [0.5, 0.6) is 0 Å². The molecule has 4 rings (SSSR count). The van der Waals surface area contributed by atoms with Crippen molar-refractivity contribution in [2.45, 2.75) is 25.7 Å². The molecule has 3 heterocycles. The van der Waals surface area contributed by atoms with Crippen molar-refractivity contribution >= 4 is 61.1 Å².